The second kappa shape index (κ2) is 9.34. The number of rotatable bonds is 7. The molecule has 3 unspecified atom stereocenters. The average molecular weight is 389 g/mol. The quantitative estimate of drug-likeness (QED) is 0.629. The van der Waals surface area contributed by atoms with Gasteiger partial charge in [-0.25, -0.2) is 0 Å². The molecular formula is C20H27N3O5. The molecule has 0 aliphatic carbocycles. The fraction of sp³-hybridized carbons (Fsp3) is 0.500. The number of nitrogens with one attached hydrogen (secondary N) is 2. The Bertz CT molecular complexity index is 747. The zero-order valence-corrected chi connectivity index (χ0v) is 16.4. The number of likely N-dealkylation sites (tertiary alicyclic amines) is 1. The number of ketones is 1. The molecule has 1 aliphatic rings. The van der Waals surface area contributed by atoms with E-state index in [1.807, 2.05) is 0 Å². The Balaban J connectivity index is 1.95. The van der Waals surface area contributed by atoms with E-state index in [4.69, 9.17) is 0 Å². The zero-order valence-electron chi connectivity index (χ0n) is 16.4. The number of Topliss-reactive ketones (excluding diaryl/α,β-unsaturated/α-hetero) is 1. The number of carbonyl (C=O) groups excluding carboxylic acids is 4. The van der Waals surface area contributed by atoms with E-state index in [1.165, 1.54) is 37.8 Å². The molecule has 0 radical (unpaired) electrons. The Kier molecular flexibility index (Phi) is 7.14. The molecule has 3 atom stereocenters. The second-order valence-electron chi connectivity index (χ2n) is 7.14. The Morgan fingerprint density at radius 2 is 1.79 bits per heavy atom. The first kappa shape index (κ1) is 21.4. The van der Waals surface area contributed by atoms with E-state index in [-0.39, 0.29) is 29.8 Å². The van der Waals surface area contributed by atoms with Gasteiger partial charge in [-0.1, -0.05) is 12.1 Å². The van der Waals surface area contributed by atoms with Crippen LogP contribution in [0.3, 0.4) is 0 Å². The summed E-state index contributed by atoms with van der Waals surface area (Å²) < 4.78 is 0. The molecule has 28 heavy (non-hydrogen) atoms. The van der Waals surface area contributed by atoms with Gasteiger partial charge in [0, 0.05) is 13.5 Å². The number of carbonyl (C=O) groups is 4. The van der Waals surface area contributed by atoms with Crippen molar-refractivity contribution in [2.24, 2.45) is 0 Å². The summed E-state index contributed by atoms with van der Waals surface area (Å²) in [5.74, 6) is -1.10. The van der Waals surface area contributed by atoms with Crippen LogP contribution in [-0.4, -0.2) is 58.2 Å². The molecule has 8 nitrogen and oxygen atoms in total. The lowest BCUT2D eigenvalue weighted by atomic mass is 10.0. The van der Waals surface area contributed by atoms with Crippen LogP contribution in [0.1, 0.15) is 39.2 Å². The van der Waals surface area contributed by atoms with Crippen LogP contribution in [0.2, 0.25) is 0 Å². The molecule has 1 aliphatic heterocycles. The highest BCUT2D eigenvalue weighted by Gasteiger charge is 2.33. The standard InChI is InChI=1S/C20H27N3O5/c1-12(21-20(28)18-5-4-10-23(18)14(3)25)19(27)22-17(13(2)24)11-15-6-8-16(26)9-7-15/h6-9,12,17-18,26H,4-5,10-11H2,1-3H3,(H,21,28)(H,22,27). The van der Waals surface area contributed by atoms with E-state index < -0.39 is 24.0 Å². The van der Waals surface area contributed by atoms with Crippen LogP contribution in [0, 0.1) is 0 Å². The molecular weight excluding hydrogens is 362 g/mol. The summed E-state index contributed by atoms with van der Waals surface area (Å²) in [5.41, 5.74) is 0.790. The minimum Gasteiger partial charge on any atom is -0.508 e. The summed E-state index contributed by atoms with van der Waals surface area (Å²) in [6.45, 7) is 4.88. The van der Waals surface area contributed by atoms with Crippen LogP contribution in [0.15, 0.2) is 24.3 Å². The van der Waals surface area contributed by atoms with Crippen molar-refractivity contribution in [2.45, 2.75) is 58.2 Å². The van der Waals surface area contributed by atoms with Gasteiger partial charge in [0.25, 0.3) is 0 Å². The lowest BCUT2D eigenvalue weighted by molar-refractivity contribution is -0.138. The van der Waals surface area contributed by atoms with E-state index in [9.17, 15) is 24.3 Å². The largest absolute Gasteiger partial charge is 0.508 e. The monoisotopic (exact) mass is 389 g/mol. The van der Waals surface area contributed by atoms with Crippen molar-refractivity contribution in [1.82, 2.24) is 15.5 Å². The topological polar surface area (TPSA) is 116 Å². The van der Waals surface area contributed by atoms with Gasteiger partial charge in [-0.05, 0) is 50.8 Å². The number of benzene rings is 1. The van der Waals surface area contributed by atoms with Crippen molar-refractivity contribution in [3.05, 3.63) is 29.8 Å². The second-order valence-corrected chi connectivity index (χ2v) is 7.14. The number of hydrogen-bond donors (Lipinski definition) is 3. The van der Waals surface area contributed by atoms with Crippen molar-refractivity contribution in [2.75, 3.05) is 6.54 Å². The lowest BCUT2D eigenvalue weighted by Gasteiger charge is -2.25. The molecule has 0 spiro atoms. The number of aromatic hydroxyl groups is 1. The van der Waals surface area contributed by atoms with Crippen LogP contribution in [-0.2, 0) is 25.6 Å². The van der Waals surface area contributed by atoms with Crippen LogP contribution >= 0.6 is 0 Å². The van der Waals surface area contributed by atoms with Crippen molar-refractivity contribution in [3.8, 4) is 5.75 Å². The minimum absolute atomic E-state index is 0.120. The molecule has 8 heteroatoms. The average Bonchev–Trinajstić information content (AvgIpc) is 3.13. The summed E-state index contributed by atoms with van der Waals surface area (Å²) in [5, 5.41) is 14.6. The highest BCUT2D eigenvalue weighted by molar-refractivity contribution is 5.94. The molecule has 3 amide bonds. The summed E-state index contributed by atoms with van der Waals surface area (Å²) in [7, 11) is 0. The van der Waals surface area contributed by atoms with Crippen molar-refractivity contribution < 1.29 is 24.3 Å². The van der Waals surface area contributed by atoms with Crippen LogP contribution in [0.25, 0.3) is 0 Å². The summed E-state index contributed by atoms with van der Waals surface area (Å²) in [6.07, 6.45) is 1.59. The van der Waals surface area contributed by atoms with Crippen LogP contribution in [0.5, 0.6) is 5.75 Å². The van der Waals surface area contributed by atoms with Crippen LogP contribution < -0.4 is 10.6 Å². The molecule has 0 aromatic heterocycles. The number of hydrogen-bond acceptors (Lipinski definition) is 5. The predicted octanol–water partition coefficient (Wildman–Crippen LogP) is 0.524. The number of phenols is 1. The SMILES string of the molecule is CC(=O)C(Cc1ccc(O)cc1)NC(=O)C(C)NC(=O)C1CCCN1C(C)=O. The first-order valence-electron chi connectivity index (χ1n) is 9.35. The first-order chi connectivity index (χ1) is 13.2. The highest BCUT2D eigenvalue weighted by atomic mass is 16.3. The fourth-order valence-electron chi connectivity index (χ4n) is 3.25. The maximum absolute atomic E-state index is 12.5. The zero-order chi connectivity index (χ0) is 20.8. The summed E-state index contributed by atoms with van der Waals surface area (Å²) >= 11 is 0. The molecule has 0 saturated carbocycles. The molecule has 1 fully saturated rings. The molecule has 152 valence electrons. The van der Waals surface area contributed by atoms with Crippen molar-refractivity contribution >= 4 is 23.5 Å². The van der Waals surface area contributed by atoms with Gasteiger partial charge >= 0.3 is 0 Å². The molecule has 1 saturated heterocycles. The summed E-state index contributed by atoms with van der Waals surface area (Å²) in [6, 6.07) is 4.24. The molecule has 1 aromatic rings. The lowest BCUT2D eigenvalue weighted by Crippen LogP contribution is -2.54. The third-order valence-corrected chi connectivity index (χ3v) is 4.90. The van der Waals surface area contributed by atoms with E-state index in [0.717, 1.165) is 12.0 Å². The van der Waals surface area contributed by atoms with Crippen molar-refractivity contribution in [3.63, 3.8) is 0 Å². The highest BCUT2D eigenvalue weighted by Crippen LogP contribution is 2.17. The molecule has 0 bridgehead atoms. The minimum atomic E-state index is -0.844. The van der Waals surface area contributed by atoms with Crippen molar-refractivity contribution in [1.29, 1.82) is 0 Å². The van der Waals surface area contributed by atoms with Gasteiger partial charge in [0.05, 0.1) is 6.04 Å². The predicted molar refractivity (Wildman–Crippen MR) is 102 cm³/mol. The third kappa shape index (κ3) is 5.55. The van der Waals surface area contributed by atoms with Gasteiger partial charge < -0.3 is 20.6 Å². The maximum atomic E-state index is 12.5. The number of phenolic OH excluding ortho intramolecular Hbond substituents is 1. The number of amides is 3. The number of nitrogens with zero attached hydrogens (tertiary/aromatic N) is 1. The maximum Gasteiger partial charge on any atom is 0.243 e. The van der Waals surface area contributed by atoms with Gasteiger partial charge in [0.15, 0.2) is 5.78 Å². The van der Waals surface area contributed by atoms with E-state index in [2.05, 4.69) is 10.6 Å². The van der Waals surface area contributed by atoms with Gasteiger partial charge in [-0.15, -0.1) is 0 Å². The molecule has 2 rings (SSSR count). The first-order valence-corrected chi connectivity index (χ1v) is 9.35. The normalized spacial score (nSPS) is 18.2. The third-order valence-electron chi connectivity index (χ3n) is 4.90. The molecule has 3 N–H and O–H groups in total. The Morgan fingerprint density at radius 3 is 2.36 bits per heavy atom. The van der Waals surface area contributed by atoms with Gasteiger partial charge in [0.2, 0.25) is 17.7 Å². The Labute approximate surface area is 164 Å². The van der Waals surface area contributed by atoms with Gasteiger partial charge in [-0.3, -0.25) is 19.2 Å². The fourth-order valence-corrected chi connectivity index (χ4v) is 3.25. The molecule has 1 aromatic carbocycles. The summed E-state index contributed by atoms with van der Waals surface area (Å²) in [4.78, 5) is 50.0. The Morgan fingerprint density at radius 1 is 1.14 bits per heavy atom. The van der Waals surface area contributed by atoms with E-state index in [1.54, 1.807) is 12.1 Å². The molecule has 1 heterocycles. The van der Waals surface area contributed by atoms with E-state index >= 15 is 0 Å². The van der Waals surface area contributed by atoms with Gasteiger partial charge in [-0.2, -0.15) is 0 Å². The smallest absolute Gasteiger partial charge is 0.243 e. The van der Waals surface area contributed by atoms with Crippen LogP contribution in [0.4, 0.5) is 0 Å². The van der Waals surface area contributed by atoms with Gasteiger partial charge in [0.1, 0.15) is 17.8 Å². The van der Waals surface area contributed by atoms with E-state index in [0.29, 0.717) is 13.0 Å². The Hall–Kier alpha value is -2.90.